The Balaban J connectivity index is 0.000000245. The summed E-state index contributed by atoms with van der Waals surface area (Å²) in [4.78, 5) is -0.133. The van der Waals surface area contributed by atoms with Gasteiger partial charge in [0, 0.05) is 7.14 Å². The van der Waals surface area contributed by atoms with Gasteiger partial charge >= 0.3 is 0 Å². The van der Waals surface area contributed by atoms with Gasteiger partial charge in [-0.25, -0.2) is 0 Å². The van der Waals surface area contributed by atoms with E-state index in [1.165, 1.54) is 31.4 Å². The molecule has 0 aliphatic rings. The van der Waals surface area contributed by atoms with E-state index >= 15 is 0 Å². The maximum absolute atomic E-state index is 10.5. The lowest BCUT2D eigenvalue weighted by Gasteiger charge is -1.95. The van der Waals surface area contributed by atoms with Crippen molar-refractivity contribution in [3.63, 3.8) is 0 Å². The van der Waals surface area contributed by atoms with Crippen LogP contribution in [-0.2, 0) is 20.2 Å². The highest BCUT2D eigenvalue weighted by Gasteiger charge is 2.07. The van der Waals surface area contributed by atoms with Crippen molar-refractivity contribution < 1.29 is 25.9 Å². The zero-order valence-electron chi connectivity index (χ0n) is 19.5. The Morgan fingerprint density at radius 3 is 0.889 bits per heavy atom. The van der Waals surface area contributed by atoms with Crippen LogP contribution in [0.15, 0.2) is 119 Å². The summed E-state index contributed by atoms with van der Waals surface area (Å²) >= 11 is 4.56. The van der Waals surface area contributed by atoms with Crippen LogP contribution in [-0.4, -0.2) is 25.9 Å². The van der Waals surface area contributed by atoms with Crippen LogP contribution in [0, 0.1) is 21.0 Å². The van der Waals surface area contributed by atoms with Crippen molar-refractivity contribution in [2.45, 2.75) is 23.6 Å². The Hall–Kier alpha value is -1.84. The monoisotopic (exact) mass is 752 g/mol. The second-order valence-corrected chi connectivity index (χ2v) is 12.5. The summed E-state index contributed by atoms with van der Waals surface area (Å²) < 4.78 is 61.7. The fourth-order valence-electron chi connectivity index (χ4n) is 2.25. The van der Waals surface area contributed by atoms with Crippen LogP contribution in [0.4, 0.5) is 0 Å². The molecular formula is C26H26I2O6S2. The van der Waals surface area contributed by atoms with E-state index in [4.69, 9.17) is 9.11 Å². The van der Waals surface area contributed by atoms with Gasteiger partial charge in [0.25, 0.3) is 20.2 Å². The van der Waals surface area contributed by atoms with Gasteiger partial charge in [-0.2, -0.15) is 16.8 Å². The number of hydrogen-bond acceptors (Lipinski definition) is 4. The largest absolute Gasteiger partial charge is 0.294 e. The molecule has 192 valence electrons. The van der Waals surface area contributed by atoms with Crippen LogP contribution in [0.2, 0.25) is 0 Å². The third-order valence-electron chi connectivity index (χ3n) is 4.10. The average molecular weight is 752 g/mol. The summed E-state index contributed by atoms with van der Waals surface area (Å²) in [6.07, 6.45) is 0. The highest BCUT2D eigenvalue weighted by atomic mass is 127. The molecule has 4 rings (SSSR count). The van der Waals surface area contributed by atoms with Crippen molar-refractivity contribution in [3.05, 3.63) is 127 Å². The van der Waals surface area contributed by atoms with Crippen molar-refractivity contribution >= 4 is 65.4 Å². The third kappa shape index (κ3) is 14.7. The van der Waals surface area contributed by atoms with Gasteiger partial charge in [-0.3, -0.25) is 9.11 Å². The van der Waals surface area contributed by atoms with E-state index in [-0.39, 0.29) is 9.79 Å². The molecule has 0 bridgehead atoms. The van der Waals surface area contributed by atoms with Crippen LogP contribution in [0.3, 0.4) is 0 Å². The van der Waals surface area contributed by atoms with Crippen LogP contribution in [0.25, 0.3) is 0 Å². The molecule has 2 N–H and O–H groups in total. The van der Waals surface area contributed by atoms with Gasteiger partial charge in [0.2, 0.25) is 0 Å². The van der Waals surface area contributed by atoms with E-state index in [1.807, 2.05) is 50.2 Å². The smallest absolute Gasteiger partial charge is 0.282 e. The molecule has 0 aliphatic heterocycles. The zero-order valence-corrected chi connectivity index (χ0v) is 25.4. The molecule has 4 aromatic rings. The van der Waals surface area contributed by atoms with Crippen molar-refractivity contribution in [2.75, 3.05) is 0 Å². The van der Waals surface area contributed by atoms with Crippen molar-refractivity contribution in [1.29, 1.82) is 0 Å². The molecule has 6 nitrogen and oxygen atoms in total. The molecule has 0 saturated carbocycles. The summed E-state index contributed by atoms with van der Waals surface area (Å²) in [7, 11) is -8.04. The van der Waals surface area contributed by atoms with Gasteiger partial charge in [0.05, 0.1) is 9.79 Å². The summed E-state index contributed by atoms with van der Waals surface area (Å²) in [5, 5.41) is 0. The van der Waals surface area contributed by atoms with Crippen molar-refractivity contribution in [2.24, 2.45) is 0 Å². The van der Waals surface area contributed by atoms with Gasteiger partial charge in [-0.1, -0.05) is 71.8 Å². The molecule has 0 fully saturated rings. The van der Waals surface area contributed by atoms with E-state index in [1.54, 1.807) is 24.3 Å². The first-order valence-corrected chi connectivity index (χ1v) is 15.3. The van der Waals surface area contributed by atoms with E-state index in [0.717, 1.165) is 11.1 Å². The first-order valence-electron chi connectivity index (χ1n) is 10.3. The molecule has 0 aromatic heterocycles. The average Bonchev–Trinajstić information content (AvgIpc) is 2.81. The lowest BCUT2D eigenvalue weighted by molar-refractivity contribution is 0.481. The number of benzene rings is 4. The molecular weight excluding hydrogens is 726 g/mol. The fourth-order valence-corrected chi connectivity index (χ4v) is 4.04. The van der Waals surface area contributed by atoms with Crippen LogP contribution >= 0.6 is 45.2 Å². The van der Waals surface area contributed by atoms with E-state index in [9.17, 15) is 16.8 Å². The highest BCUT2D eigenvalue weighted by Crippen LogP contribution is 2.09. The normalized spacial score (nSPS) is 10.4. The minimum absolute atomic E-state index is 0.0666. The molecule has 36 heavy (non-hydrogen) atoms. The Morgan fingerprint density at radius 1 is 0.472 bits per heavy atom. The summed E-state index contributed by atoms with van der Waals surface area (Å²) in [5.41, 5.74) is 1.91. The minimum atomic E-state index is -4.02. The highest BCUT2D eigenvalue weighted by molar-refractivity contribution is 14.1. The van der Waals surface area contributed by atoms with Gasteiger partial charge < -0.3 is 0 Å². The fraction of sp³-hybridized carbons (Fsp3) is 0.0769. The number of halogens is 2. The van der Waals surface area contributed by atoms with Gasteiger partial charge in [0.1, 0.15) is 0 Å². The van der Waals surface area contributed by atoms with Crippen LogP contribution in [0.1, 0.15) is 11.1 Å². The topological polar surface area (TPSA) is 109 Å². The van der Waals surface area contributed by atoms with Gasteiger partial charge in [-0.05, 0) is 108 Å². The maximum atomic E-state index is 10.5. The summed E-state index contributed by atoms with van der Waals surface area (Å²) in [6.45, 7) is 3.68. The Bertz CT molecular complexity index is 1270. The first kappa shape index (κ1) is 32.2. The lowest BCUT2D eigenvalue weighted by Crippen LogP contribution is -1.96. The van der Waals surface area contributed by atoms with Crippen molar-refractivity contribution in [1.82, 2.24) is 0 Å². The molecule has 4 aromatic carbocycles. The lowest BCUT2D eigenvalue weighted by atomic mass is 10.2. The molecule has 0 spiro atoms. The van der Waals surface area contributed by atoms with E-state index < -0.39 is 20.2 Å². The summed E-state index contributed by atoms with van der Waals surface area (Å²) in [5.74, 6) is 0. The number of aryl methyl sites for hydroxylation is 2. The molecule has 0 atom stereocenters. The molecule has 0 radical (unpaired) electrons. The molecule has 0 heterocycles. The van der Waals surface area contributed by atoms with E-state index in [2.05, 4.69) is 69.4 Å². The standard InChI is InChI=1S/2C7H8O3S.2C6H5I/c2*1-6-2-4-7(5-3-6)11(8,9)10;2*7-6-4-2-1-3-5-6/h2*2-5H,1H3,(H,8,9,10);2*1-5H. The first-order chi connectivity index (χ1) is 16.8. The molecule has 0 aliphatic carbocycles. The van der Waals surface area contributed by atoms with E-state index in [0.29, 0.717) is 0 Å². The molecule has 0 unspecified atom stereocenters. The number of hydrogen-bond donors (Lipinski definition) is 2. The second kappa shape index (κ2) is 16.1. The predicted molar refractivity (Wildman–Crippen MR) is 160 cm³/mol. The van der Waals surface area contributed by atoms with Gasteiger partial charge in [0.15, 0.2) is 0 Å². The Labute approximate surface area is 240 Å². The zero-order chi connectivity index (χ0) is 27.2. The quantitative estimate of drug-likeness (QED) is 0.168. The number of rotatable bonds is 2. The molecule has 0 saturated heterocycles. The van der Waals surface area contributed by atoms with Crippen LogP contribution in [0.5, 0.6) is 0 Å². The third-order valence-corrected chi connectivity index (χ3v) is 7.28. The summed E-state index contributed by atoms with van der Waals surface area (Å²) in [6, 6.07) is 32.4. The molecule has 0 amide bonds. The minimum Gasteiger partial charge on any atom is -0.282 e. The Morgan fingerprint density at radius 2 is 0.722 bits per heavy atom. The van der Waals surface area contributed by atoms with Gasteiger partial charge in [-0.15, -0.1) is 0 Å². The maximum Gasteiger partial charge on any atom is 0.294 e. The second-order valence-electron chi connectivity index (χ2n) is 7.17. The SMILES string of the molecule is Cc1ccc(S(=O)(=O)O)cc1.Cc1ccc(S(=O)(=O)O)cc1.Ic1ccccc1.Ic1ccccc1. The predicted octanol–water partition coefficient (Wildman–Crippen LogP) is 7.07. The Kier molecular flexibility index (Phi) is 14.4. The molecule has 10 heteroatoms. The van der Waals surface area contributed by atoms with Crippen LogP contribution < -0.4 is 0 Å². The van der Waals surface area contributed by atoms with Crippen molar-refractivity contribution in [3.8, 4) is 0 Å².